The molecule has 2 aliphatic rings. The van der Waals surface area contributed by atoms with Gasteiger partial charge in [-0.1, -0.05) is 30.3 Å². The molecule has 0 atom stereocenters. The molecular formula is C21H25N3O5S. The van der Waals surface area contributed by atoms with E-state index in [9.17, 15) is 13.2 Å². The number of amides is 1. The highest BCUT2D eigenvalue weighted by atomic mass is 32.2. The van der Waals surface area contributed by atoms with Crippen LogP contribution >= 0.6 is 0 Å². The zero-order chi connectivity index (χ0) is 21.1. The first kappa shape index (κ1) is 20.5. The topological polar surface area (TPSA) is 79.4 Å². The number of nitrogens with zero attached hydrogens (tertiary/aromatic N) is 3. The number of benzene rings is 2. The molecule has 1 amide bonds. The molecule has 2 heterocycles. The van der Waals surface area contributed by atoms with E-state index in [1.807, 2.05) is 18.2 Å². The summed E-state index contributed by atoms with van der Waals surface area (Å²) in [6.07, 6.45) is 1.10. The molecule has 0 saturated carbocycles. The SMILES string of the molecule is CS(=O)(=O)N(CC(=O)N1CCN(Cc2ccccc2)CC1)c1ccc2c(c1)OCO2. The molecule has 0 spiro atoms. The standard InChI is InChI=1S/C21H25N3O5S/c1-30(26,27)24(18-7-8-19-20(13-18)29-16-28-19)15-21(25)23-11-9-22(10-12-23)14-17-5-3-2-4-6-17/h2-8,13H,9-12,14-16H2,1H3. The van der Waals surface area contributed by atoms with Gasteiger partial charge in [-0.05, 0) is 17.7 Å². The molecule has 0 aliphatic carbocycles. The number of anilines is 1. The lowest BCUT2D eigenvalue weighted by Gasteiger charge is -2.35. The highest BCUT2D eigenvalue weighted by molar-refractivity contribution is 7.92. The van der Waals surface area contributed by atoms with E-state index in [1.165, 1.54) is 5.56 Å². The first-order valence-corrected chi connectivity index (χ1v) is 11.7. The number of ether oxygens (including phenoxy) is 2. The van der Waals surface area contributed by atoms with E-state index < -0.39 is 10.0 Å². The summed E-state index contributed by atoms with van der Waals surface area (Å²) < 4.78 is 36.5. The molecule has 4 rings (SSSR count). The molecule has 0 aromatic heterocycles. The van der Waals surface area contributed by atoms with Crippen LogP contribution in [0.2, 0.25) is 0 Å². The third-order valence-corrected chi connectivity index (χ3v) is 6.44. The van der Waals surface area contributed by atoms with Crippen molar-refractivity contribution in [3.63, 3.8) is 0 Å². The number of hydrogen-bond donors (Lipinski definition) is 0. The predicted molar refractivity (Wildman–Crippen MR) is 113 cm³/mol. The highest BCUT2D eigenvalue weighted by Crippen LogP contribution is 2.36. The van der Waals surface area contributed by atoms with Crippen molar-refractivity contribution in [3.8, 4) is 11.5 Å². The molecule has 2 aromatic rings. The van der Waals surface area contributed by atoms with E-state index in [0.29, 0.717) is 30.3 Å². The normalized spacial score (nSPS) is 16.5. The number of carbonyl (C=O) groups excluding carboxylic acids is 1. The number of rotatable bonds is 6. The third kappa shape index (κ3) is 4.68. The van der Waals surface area contributed by atoms with E-state index >= 15 is 0 Å². The van der Waals surface area contributed by atoms with Crippen LogP contribution in [0.4, 0.5) is 5.69 Å². The predicted octanol–water partition coefficient (Wildman–Crippen LogP) is 1.53. The summed E-state index contributed by atoms with van der Waals surface area (Å²) in [5.41, 5.74) is 1.63. The Morgan fingerprint density at radius 2 is 1.70 bits per heavy atom. The van der Waals surface area contributed by atoms with Gasteiger partial charge in [0.15, 0.2) is 11.5 Å². The van der Waals surface area contributed by atoms with Gasteiger partial charge >= 0.3 is 0 Å². The fraction of sp³-hybridized carbons (Fsp3) is 0.381. The highest BCUT2D eigenvalue weighted by Gasteiger charge is 2.27. The van der Waals surface area contributed by atoms with Crippen molar-refractivity contribution >= 4 is 21.6 Å². The van der Waals surface area contributed by atoms with Crippen molar-refractivity contribution in [3.05, 3.63) is 54.1 Å². The molecule has 2 aromatic carbocycles. The van der Waals surface area contributed by atoms with Gasteiger partial charge in [-0.3, -0.25) is 14.0 Å². The fourth-order valence-corrected chi connectivity index (χ4v) is 4.50. The van der Waals surface area contributed by atoms with Crippen LogP contribution in [0, 0.1) is 0 Å². The van der Waals surface area contributed by atoms with E-state index in [1.54, 1.807) is 23.1 Å². The monoisotopic (exact) mass is 431 g/mol. The quantitative estimate of drug-likeness (QED) is 0.690. The average Bonchev–Trinajstić information content (AvgIpc) is 3.20. The molecule has 2 aliphatic heterocycles. The zero-order valence-corrected chi connectivity index (χ0v) is 17.7. The van der Waals surface area contributed by atoms with Crippen LogP contribution < -0.4 is 13.8 Å². The van der Waals surface area contributed by atoms with Crippen LogP contribution in [0.3, 0.4) is 0 Å². The van der Waals surface area contributed by atoms with E-state index in [-0.39, 0.29) is 19.2 Å². The van der Waals surface area contributed by atoms with E-state index in [4.69, 9.17) is 9.47 Å². The summed E-state index contributed by atoms with van der Waals surface area (Å²) in [5, 5.41) is 0. The van der Waals surface area contributed by atoms with Crippen LogP contribution in [-0.4, -0.2) is 69.9 Å². The Hall–Kier alpha value is -2.78. The van der Waals surface area contributed by atoms with Crippen molar-refractivity contribution in [1.29, 1.82) is 0 Å². The minimum absolute atomic E-state index is 0.101. The molecule has 30 heavy (non-hydrogen) atoms. The van der Waals surface area contributed by atoms with Gasteiger partial charge in [0.05, 0.1) is 11.9 Å². The van der Waals surface area contributed by atoms with Gasteiger partial charge in [-0.15, -0.1) is 0 Å². The molecule has 0 bridgehead atoms. The lowest BCUT2D eigenvalue weighted by atomic mass is 10.2. The van der Waals surface area contributed by atoms with Gasteiger partial charge < -0.3 is 14.4 Å². The second-order valence-corrected chi connectivity index (χ2v) is 9.36. The number of piperazine rings is 1. The molecule has 0 radical (unpaired) electrons. The first-order valence-electron chi connectivity index (χ1n) is 9.81. The number of carbonyl (C=O) groups is 1. The number of sulfonamides is 1. The Balaban J connectivity index is 1.39. The molecule has 9 heteroatoms. The summed E-state index contributed by atoms with van der Waals surface area (Å²) in [6, 6.07) is 15.1. The minimum atomic E-state index is -3.64. The molecule has 8 nitrogen and oxygen atoms in total. The first-order chi connectivity index (χ1) is 14.4. The number of hydrogen-bond acceptors (Lipinski definition) is 6. The second-order valence-electron chi connectivity index (χ2n) is 7.45. The lowest BCUT2D eigenvalue weighted by molar-refractivity contribution is -0.131. The van der Waals surface area contributed by atoms with Crippen molar-refractivity contribution < 1.29 is 22.7 Å². The van der Waals surface area contributed by atoms with Gasteiger partial charge in [-0.2, -0.15) is 0 Å². The van der Waals surface area contributed by atoms with Crippen molar-refractivity contribution in [1.82, 2.24) is 9.80 Å². The van der Waals surface area contributed by atoms with Crippen molar-refractivity contribution in [2.24, 2.45) is 0 Å². The maximum Gasteiger partial charge on any atom is 0.243 e. The van der Waals surface area contributed by atoms with E-state index in [2.05, 4.69) is 17.0 Å². The van der Waals surface area contributed by atoms with Gasteiger partial charge in [0, 0.05) is 38.8 Å². The van der Waals surface area contributed by atoms with Crippen molar-refractivity contribution in [2.45, 2.75) is 6.54 Å². The van der Waals surface area contributed by atoms with Crippen LogP contribution in [0.5, 0.6) is 11.5 Å². The Bertz CT molecular complexity index is 1000. The summed E-state index contributed by atoms with van der Waals surface area (Å²) in [4.78, 5) is 16.9. The molecule has 0 unspecified atom stereocenters. The number of fused-ring (bicyclic) bond motifs is 1. The maximum atomic E-state index is 12.9. The average molecular weight is 432 g/mol. The minimum Gasteiger partial charge on any atom is -0.454 e. The molecule has 160 valence electrons. The Morgan fingerprint density at radius 1 is 1.00 bits per heavy atom. The fourth-order valence-electron chi connectivity index (χ4n) is 3.66. The molecular weight excluding hydrogens is 406 g/mol. The summed E-state index contributed by atoms with van der Waals surface area (Å²) in [6.45, 7) is 3.36. The van der Waals surface area contributed by atoms with E-state index in [0.717, 1.165) is 30.2 Å². The third-order valence-electron chi connectivity index (χ3n) is 5.30. The van der Waals surface area contributed by atoms with Crippen LogP contribution in [0.1, 0.15) is 5.56 Å². The van der Waals surface area contributed by atoms with Crippen LogP contribution in [0.15, 0.2) is 48.5 Å². The Morgan fingerprint density at radius 3 is 2.40 bits per heavy atom. The Kier molecular flexibility index (Phi) is 5.83. The zero-order valence-electron chi connectivity index (χ0n) is 16.9. The maximum absolute atomic E-state index is 12.9. The Labute approximate surface area is 176 Å². The second kappa shape index (κ2) is 8.53. The van der Waals surface area contributed by atoms with Gasteiger partial charge in [0.2, 0.25) is 22.7 Å². The van der Waals surface area contributed by atoms with Crippen molar-refractivity contribution in [2.75, 3.05) is 50.1 Å². The largest absolute Gasteiger partial charge is 0.454 e. The summed E-state index contributed by atoms with van der Waals surface area (Å²) in [5.74, 6) is 0.827. The van der Waals surface area contributed by atoms with Crippen LogP contribution in [0.25, 0.3) is 0 Å². The lowest BCUT2D eigenvalue weighted by Crippen LogP contribution is -2.51. The van der Waals surface area contributed by atoms with Gasteiger partial charge in [0.1, 0.15) is 6.54 Å². The summed E-state index contributed by atoms with van der Waals surface area (Å²) >= 11 is 0. The van der Waals surface area contributed by atoms with Crippen LogP contribution in [-0.2, 0) is 21.4 Å². The van der Waals surface area contributed by atoms with Gasteiger partial charge in [-0.25, -0.2) is 8.42 Å². The van der Waals surface area contributed by atoms with Gasteiger partial charge in [0.25, 0.3) is 0 Å². The molecule has 0 N–H and O–H groups in total. The molecule has 1 fully saturated rings. The summed E-state index contributed by atoms with van der Waals surface area (Å²) in [7, 11) is -3.64. The molecule has 1 saturated heterocycles. The smallest absolute Gasteiger partial charge is 0.243 e.